The van der Waals surface area contributed by atoms with E-state index in [1.165, 1.54) is 11.0 Å². The summed E-state index contributed by atoms with van der Waals surface area (Å²) in [6, 6.07) is -0.828. The van der Waals surface area contributed by atoms with Gasteiger partial charge >= 0.3 is 12.1 Å². The lowest BCUT2D eigenvalue weighted by atomic mass is 9.87. The molecule has 0 saturated heterocycles. The maximum Gasteiger partial charge on any atom is 0.410 e. The molecule has 1 rings (SSSR count). The van der Waals surface area contributed by atoms with E-state index < -0.39 is 54.7 Å². The number of carbonyl (C=O) groups is 2. The lowest BCUT2D eigenvalue weighted by Crippen LogP contribution is -2.53. The third kappa shape index (κ3) is 13.1. The lowest BCUT2D eigenvalue weighted by Gasteiger charge is -2.39. The van der Waals surface area contributed by atoms with E-state index >= 15 is 0 Å². The number of hydrogen-bond acceptors (Lipinski definition) is 11. The minimum atomic E-state index is -1.57. The van der Waals surface area contributed by atoms with Gasteiger partial charge in [-0.15, -0.1) is 0 Å². The van der Waals surface area contributed by atoms with Gasteiger partial charge in [-0.3, -0.25) is 0 Å². The van der Waals surface area contributed by atoms with Crippen LogP contribution in [-0.4, -0.2) is 135 Å². The first-order valence-corrected chi connectivity index (χ1v) is 13.4. The first-order valence-electron chi connectivity index (χ1n) is 13.4. The number of aliphatic imine (C=N–C) groups is 1. The molecular formula is C25H48N4O11. The number of nitrogens with two attached hydrogens (primary N) is 2. The van der Waals surface area contributed by atoms with Crippen molar-refractivity contribution in [3.8, 4) is 0 Å². The third-order valence-corrected chi connectivity index (χ3v) is 5.89. The molecule has 0 fully saturated rings. The highest BCUT2D eigenvalue weighted by atomic mass is 16.6. The van der Waals surface area contributed by atoms with Crippen LogP contribution in [-0.2, 0) is 33.2 Å². The number of rotatable bonds is 21. The maximum atomic E-state index is 12.9. The molecule has 0 aromatic carbocycles. The van der Waals surface area contributed by atoms with Crippen molar-refractivity contribution in [3.05, 3.63) is 11.8 Å². The summed E-state index contributed by atoms with van der Waals surface area (Å²) in [5.74, 6) is -2.77. The SMILES string of the molecule is CCCOCCOCCOCCOCCN(CC)C(=O)O[C@@H]([C@H]1OC(C(=O)O)=C[C@@H](N=C(N)N)[C@@H]1C)[C@H](O)CO.[3HH]. The highest BCUT2D eigenvalue weighted by molar-refractivity contribution is 5.85. The predicted octanol–water partition coefficient (Wildman–Crippen LogP) is -0.465. The Morgan fingerprint density at radius 1 is 1.05 bits per heavy atom. The van der Waals surface area contributed by atoms with Crippen molar-refractivity contribution in [2.45, 2.75) is 51.5 Å². The van der Waals surface area contributed by atoms with E-state index in [4.69, 9.17) is 39.9 Å². The van der Waals surface area contributed by atoms with Gasteiger partial charge in [0.05, 0.1) is 58.9 Å². The number of nitrogens with zero attached hydrogens (tertiary/aromatic N) is 2. The van der Waals surface area contributed by atoms with E-state index in [9.17, 15) is 24.9 Å². The second-order valence-corrected chi connectivity index (χ2v) is 8.95. The fourth-order valence-corrected chi connectivity index (χ4v) is 3.73. The van der Waals surface area contributed by atoms with Gasteiger partial charge in [0.15, 0.2) is 12.1 Å². The first kappa shape index (κ1) is 35.3. The minimum Gasteiger partial charge on any atom is -0.479 e. The van der Waals surface area contributed by atoms with Crippen molar-refractivity contribution in [3.63, 3.8) is 0 Å². The molecule has 0 saturated carbocycles. The molecule has 0 unspecified atom stereocenters. The number of hydrogen-bond donors (Lipinski definition) is 5. The molecule has 15 nitrogen and oxygen atoms in total. The minimum absolute atomic E-state index is 0. The van der Waals surface area contributed by atoms with Crippen LogP contribution in [0, 0.1) is 5.92 Å². The third-order valence-electron chi connectivity index (χ3n) is 5.89. The monoisotopic (exact) mass is 582 g/mol. The van der Waals surface area contributed by atoms with Gasteiger partial charge in [-0.1, -0.05) is 13.8 Å². The summed E-state index contributed by atoms with van der Waals surface area (Å²) < 4.78 is 32.7. The first-order chi connectivity index (χ1) is 19.2. The zero-order chi connectivity index (χ0) is 29.9. The van der Waals surface area contributed by atoms with E-state index in [-0.39, 0.29) is 27.1 Å². The Kier molecular flexibility index (Phi) is 17.9. The molecule has 0 bridgehead atoms. The molecule has 15 heteroatoms. The molecule has 5 atom stereocenters. The average molecular weight is 583 g/mol. The highest BCUT2D eigenvalue weighted by Crippen LogP contribution is 2.30. The molecule has 1 aliphatic heterocycles. The summed E-state index contributed by atoms with van der Waals surface area (Å²) in [5, 5.41) is 29.5. The second kappa shape index (κ2) is 20.2. The number of guanidine groups is 1. The van der Waals surface area contributed by atoms with Crippen LogP contribution in [0.3, 0.4) is 0 Å². The number of amides is 1. The average Bonchev–Trinajstić information content (AvgIpc) is 2.92. The van der Waals surface area contributed by atoms with Gasteiger partial charge in [0.1, 0.15) is 12.2 Å². The van der Waals surface area contributed by atoms with Crippen LogP contribution in [0.25, 0.3) is 0 Å². The Morgan fingerprint density at radius 3 is 2.08 bits per heavy atom. The highest BCUT2D eigenvalue weighted by Gasteiger charge is 2.44. The number of carboxylic acids is 1. The second-order valence-electron chi connectivity index (χ2n) is 8.95. The smallest absolute Gasteiger partial charge is 0.410 e. The van der Waals surface area contributed by atoms with Crippen LogP contribution in [0.5, 0.6) is 0 Å². The Bertz CT molecular complexity index is 802. The molecule has 1 amide bonds. The fraction of sp³-hybridized carbons (Fsp3) is 0.800. The van der Waals surface area contributed by atoms with Crippen molar-refractivity contribution in [2.75, 3.05) is 72.6 Å². The zero-order valence-corrected chi connectivity index (χ0v) is 23.6. The van der Waals surface area contributed by atoms with Gasteiger partial charge in [-0.2, -0.15) is 0 Å². The molecular weight excluding hydrogens is 532 g/mol. The number of ether oxygens (including phenoxy) is 6. The number of carbonyl (C=O) groups excluding carboxylic acids is 1. The number of aliphatic carboxylic acids is 1. The Hall–Kier alpha value is -2.69. The molecule has 0 radical (unpaired) electrons. The van der Waals surface area contributed by atoms with Gasteiger partial charge in [0.25, 0.3) is 0 Å². The van der Waals surface area contributed by atoms with E-state index in [1.807, 2.05) is 6.92 Å². The fourth-order valence-electron chi connectivity index (χ4n) is 3.73. The van der Waals surface area contributed by atoms with Gasteiger partial charge in [0.2, 0.25) is 5.76 Å². The lowest BCUT2D eigenvalue weighted by molar-refractivity contribution is -0.147. The topological polar surface area (TPSA) is 218 Å². The number of aliphatic hydroxyl groups is 2. The molecule has 1 heterocycles. The van der Waals surface area contributed by atoms with Crippen molar-refractivity contribution in [1.29, 1.82) is 0 Å². The van der Waals surface area contributed by atoms with E-state index in [0.29, 0.717) is 39.6 Å². The molecule has 234 valence electrons. The van der Waals surface area contributed by atoms with Crippen molar-refractivity contribution in [2.24, 2.45) is 22.4 Å². The van der Waals surface area contributed by atoms with Gasteiger partial charge in [0, 0.05) is 27.0 Å². The summed E-state index contributed by atoms with van der Waals surface area (Å²) in [6.45, 7) is 8.60. The van der Waals surface area contributed by atoms with Crippen molar-refractivity contribution < 1.29 is 54.8 Å². The quantitative estimate of drug-likeness (QED) is 0.0658. The van der Waals surface area contributed by atoms with Crippen molar-refractivity contribution >= 4 is 18.0 Å². The maximum absolute atomic E-state index is 12.9. The molecule has 0 aliphatic carbocycles. The van der Waals surface area contributed by atoms with Crippen LogP contribution < -0.4 is 11.5 Å². The van der Waals surface area contributed by atoms with Crippen LogP contribution in [0.1, 0.15) is 28.6 Å². The van der Waals surface area contributed by atoms with E-state index in [0.717, 1.165) is 13.0 Å². The Morgan fingerprint density at radius 2 is 1.60 bits per heavy atom. The number of aliphatic hydroxyl groups excluding tert-OH is 2. The summed E-state index contributed by atoms with van der Waals surface area (Å²) in [5.41, 5.74) is 11.0. The molecule has 1 aliphatic rings. The largest absolute Gasteiger partial charge is 0.479 e. The Balaban J connectivity index is 0.0000160. The number of likely N-dealkylation sites (N-methyl/N-ethyl adjacent to an activating group) is 1. The summed E-state index contributed by atoms with van der Waals surface area (Å²) >= 11 is 0. The molecule has 40 heavy (non-hydrogen) atoms. The van der Waals surface area contributed by atoms with Gasteiger partial charge in [-0.25, -0.2) is 14.6 Å². The standard InChI is InChI=1S/C25H46N4O11.H2/c1-4-7-35-9-11-37-13-14-38-12-10-36-8-6-29(5-2)25(34)40-22(19(31)16-30)21-17(3)18(28-24(26)27)15-20(39-21)23(32)33;/h15,17-19,21-22,30-31H,4-14,16H2,1-3H3,(H,32,33)(H4,26,27,28);1H/t17-,18+,19+,21-,22+;/m0./s1/i;1+2. The van der Waals surface area contributed by atoms with Gasteiger partial charge < -0.3 is 60.1 Å². The van der Waals surface area contributed by atoms with Crippen LogP contribution in [0.4, 0.5) is 4.79 Å². The zero-order valence-electron chi connectivity index (χ0n) is 23.6. The van der Waals surface area contributed by atoms with Crippen LogP contribution in [0.15, 0.2) is 16.8 Å². The predicted molar refractivity (Wildman–Crippen MR) is 146 cm³/mol. The molecule has 0 aromatic rings. The van der Waals surface area contributed by atoms with Crippen molar-refractivity contribution in [1.82, 2.24) is 4.90 Å². The molecule has 0 aromatic heterocycles. The normalized spacial score (nSPS) is 20.1. The van der Waals surface area contributed by atoms with Crippen LogP contribution >= 0.6 is 0 Å². The molecule has 7 N–H and O–H groups in total. The Labute approximate surface area is 236 Å². The molecule has 0 spiro atoms. The summed E-state index contributed by atoms with van der Waals surface area (Å²) in [7, 11) is 0. The van der Waals surface area contributed by atoms with Gasteiger partial charge in [-0.05, 0) is 19.4 Å². The van der Waals surface area contributed by atoms with Crippen LogP contribution in [0.2, 0.25) is 0 Å². The summed E-state index contributed by atoms with van der Waals surface area (Å²) in [6.07, 6.45) is -2.77. The summed E-state index contributed by atoms with van der Waals surface area (Å²) in [4.78, 5) is 29.9. The van der Waals surface area contributed by atoms with E-state index in [2.05, 4.69) is 4.99 Å². The number of carboxylic acid groups (broad SMARTS) is 1. The van der Waals surface area contributed by atoms with E-state index in [1.54, 1.807) is 13.8 Å².